The van der Waals surface area contributed by atoms with Gasteiger partial charge in [-0.05, 0) is 61.7 Å². The van der Waals surface area contributed by atoms with Gasteiger partial charge in [0.1, 0.15) is 35.8 Å². The molecule has 0 bridgehead atoms. The first-order valence-electron chi connectivity index (χ1n) is 12.8. The molecule has 1 N–H and O–H groups in total. The van der Waals surface area contributed by atoms with Crippen LogP contribution in [0.15, 0.2) is 72.9 Å². The second-order valence-corrected chi connectivity index (χ2v) is 10.00. The number of carbonyl (C=O) groups is 1. The molecule has 0 aliphatic carbocycles. The molecule has 2 aromatic carbocycles. The fourth-order valence-corrected chi connectivity index (χ4v) is 5.13. The number of likely N-dealkylation sites (tertiary alicyclic amines) is 1. The van der Waals surface area contributed by atoms with Crippen molar-refractivity contribution in [3.8, 4) is 11.5 Å². The zero-order valence-electron chi connectivity index (χ0n) is 21.9. The molecule has 1 fully saturated rings. The molecule has 198 valence electrons. The highest BCUT2D eigenvalue weighted by Crippen LogP contribution is 2.34. The fraction of sp³-hybridized carbons (Fsp3) is 0.276. The molecule has 39 heavy (non-hydrogen) atoms. The molecule has 1 saturated heterocycles. The number of nitrogens with zero attached hydrogens (tertiary/aromatic N) is 6. The van der Waals surface area contributed by atoms with Crippen LogP contribution in [0.3, 0.4) is 0 Å². The monoisotopic (exact) mass is 523 g/mol. The van der Waals surface area contributed by atoms with Crippen molar-refractivity contribution in [2.24, 2.45) is 12.0 Å². The predicted octanol–water partition coefficient (Wildman–Crippen LogP) is 4.53. The van der Waals surface area contributed by atoms with Gasteiger partial charge in [0.25, 0.3) is 0 Å². The van der Waals surface area contributed by atoms with Gasteiger partial charge in [-0.2, -0.15) is 0 Å². The normalized spacial score (nSPS) is 18.6. The highest BCUT2D eigenvalue weighted by atomic mass is 16.5. The quantitative estimate of drug-likeness (QED) is 0.370. The zero-order chi connectivity index (χ0) is 27.0. The van der Waals surface area contributed by atoms with E-state index in [0.29, 0.717) is 37.0 Å². The van der Waals surface area contributed by atoms with Crippen LogP contribution < -0.4 is 10.1 Å². The van der Waals surface area contributed by atoms with Gasteiger partial charge in [-0.3, -0.25) is 4.79 Å². The number of benzene rings is 2. The molecule has 4 heterocycles. The first-order chi connectivity index (χ1) is 18.9. The van der Waals surface area contributed by atoms with Crippen LogP contribution >= 0.6 is 0 Å². The molecule has 1 unspecified atom stereocenters. The van der Waals surface area contributed by atoms with Crippen LogP contribution in [0.2, 0.25) is 0 Å². The fourth-order valence-electron chi connectivity index (χ4n) is 5.13. The highest BCUT2D eigenvalue weighted by molar-refractivity contribution is 6.00. The zero-order valence-corrected chi connectivity index (χ0v) is 21.9. The number of hydrogen-bond acceptors (Lipinski definition) is 8. The Morgan fingerprint density at radius 1 is 1.23 bits per heavy atom. The third-order valence-electron chi connectivity index (χ3n) is 7.16. The average molecular weight is 524 g/mol. The van der Waals surface area contributed by atoms with Gasteiger partial charge in [-0.15, -0.1) is 0 Å². The molecular weight excluding hydrogens is 494 g/mol. The third kappa shape index (κ3) is 4.81. The smallest absolute Gasteiger partial charge is 0.246 e. The van der Waals surface area contributed by atoms with Crippen molar-refractivity contribution in [2.45, 2.75) is 25.3 Å². The van der Waals surface area contributed by atoms with Gasteiger partial charge in [0, 0.05) is 38.1 Å². The number of piperidine rings is 1. The van der Waals surface area contributed by atoms with Crippen LogP contribution in [0.25, 0.3) is 11.0 Å². The molecule has 2 aliphatic heterocycles. The molecule has 6 rings (SSSR count). The van der Waals surface area contributed by atoms with Crippen molar-refractivity contribution in [2.75, 3.05) is 25.0 Å². The van der Waals surface area contributed by atoms with Gasteiger partial charge in [0.05, 0.1) is 22.9 Å². The van der Waals surface area contributed by atoms with Crippen molar-refractivity contribution in [1.29, 1.82) is 0 Å². The summed E-state index contributed by atoms with van der Waals surface area (Å²) >= 11 is 0. The van der Waals surface area contributed by atoms with Gasteiger partial charge in [0.15, 0.2) is 0 Å². The lowest BCUT2D eigenvalue weighted by atomic mass is 9.91. The number of ether oxygens (including phenoxy) is 2. The minimum atomic E-state index is -0.465. The molecule has 2 aliphatic rings. The van der Waals surface area contributed by atoms with Gasteiger partial charge in [0.2, 0.25) is 11.8 Å². The maximum absolute atomic E-state index is 12.2. The lowest BCUT2D eigenvalue weighted by molar-refractivity contribution is -0.128. The van der Waals surface area contributed by atoms with Crippen molar-refractivity contribution < 1.29 is 14.3 Å². The minimum absolute atomic E-state index is 0.0804. The second kappa shape index (κ2) is 9.86. The van der Waals surface area contributed by atoms with Crippen molar-refractivity contribution in [3.63, 3.8) is 0 Å². The number of aryl methyl sites for hydroxylation is 2. The number of amides is 1. The van der Waals surface area contributed by atoms with E-state index in [9.17, 15) is 4.79 Å². The van der Waals surface area contributed by atoms with Crippen LogP contribution in [0.5, 0.6) is 11.5 Å². The van der Waals surface area contributed by atoms with Gasteiger partial charge in [-0.25, -0.2) is 19.9 Å². The largest absolute Gasteiger partial charge is 0.475 e. The summed E-state index contributed by atoms with van der Waals surface area (Å²) in [5, 5.41) is 3.38. The average Bonchev–Trinajstić information content (AvgIpc) is 3.53. The number of anilines is 2. The van der Waals surface area contributed by atoms with Crippen molar-refractivity contribution in [1.82, 2.24) is 24.4 Å². The number of fused-ring (bicyclic) bond motifs is 1. The van der Waals surface area contributed by atoms with E-state index in [0.717, 1.165) is 46.6 Å². The highest BCUT2D eigenvalue weighted by Gasteiger charge is 2.42. The van der Waals surface area contributed by atoms with Crippen LogP contribution in [-0.4, -0.2) is 61.5 Å². The molecule has 10 nitrogen and oxygen atoms in total. The number of aliphatic imine (C=N–C) groups is 1. The summed E-state index contributed by atoms with van der Waals surface area (Å²) in [4.78, 5) is 32.0. The number of carbonyl (C=O) groups excluding carboxylic acids is 1. The Morgan fingerprint density at radius 3 is 2.97 bits per heavy atom. The summed E-state index contributed by atoms with van der Waals surface area (Å²) in [5.41, 5.74) is 3.94. The number of rotatable bonds is 6. The maximum Gasteiger partial charge on any atom is 0.246 e. The summed E-state index contributed by atoms with van der Waals surface area (Å²) in [5.74, 6) is 2.46. The molecule has 4 aromatic rings. The van der Waals surface area contributed by atoms with E-state index in [4.69, 9.17) is 14.5 Å². The standard InChI is InChI=1S/C29H29N7O3/c1-4-26(37)36-11-5-10-29(15-36)16-38-28(34-29)22-14-30-17-31-27(22)33-20-6-9-25(19(2)12-20)39-21-7-8-24-23(13-21)32-18-35(24)3/h4,6-9,12-14,17-18H,1,5,10-11,15-16H2,2-3H3,(H,30,31,33). The van der Waals surface area contributed by atoms with Crippen molar-refractivity contribution in [3.05, 3.63) is 79.0 Å². The summed E-state index contributed by atoms with van der Waals surface area (Å²) < 4.78 is 14.2. The first-order valence-corrected chi connectivity index (χ1v) is 12.8. The molecule has 1 atom stereocenters. The van der Waals surface area contributed by atoms with E-state index < -0.39 is 5.54 Å². The maximum atomic E-state index is 12.2. The van der Waals surface area contributed by atoms with Crippen LogP contribution in [0, 0.1) is 6.92 Å². The Kier molecular flexibility index (Phi) is 6.22. The van der Waals surface area contributed by atoms with Crippen LogP contribution in [-0.2, 0) is 16.6 Å². The SMILES string of the molecule is C=CC(=O)N1CCCC2(COC(c3cncnc3Nc3ccc(Oc4ccc5c(c4)ncn5C)c(C)c3)=N2)C1. The lowest BCUT2D eigenvalue weighted by Crippen LogP contribution is -2.49. The number of hydrogen-bond donors (Lipinski definition) is 1. The molecule has 0 saturated carbocycles. The van der Waals surface area contributed by atoms with Crippen LogP contribution in [0.1, 0.15) is 24.0 Å². The first kappa shape index (κ1) is 24.6. The summed E-state index contributed by atoms with van der Waals surface area (Å²) in [6.07, 6.45) is 8.03. The molecule has 10 heteroatoms. The Hall–Kier alpha value is -4.73. The van der Waals surface area contributed by atoms with E-state index in [1.165, 1.54) is 12.4 Å². The Bertz CT molecular complexity index is 1610. The van der Waals surface area contributed by atoms with E-state index in [1.54, 1.807) is 17.4 Å². The topological polar surface area (TPSA) is 107 Å². The minimum Gasteiger partial charge on any atom is -0.475 e. The number of aromatic nitrogens is 4. The Morgan fingerprint density at radius 2 is 2.13 bits per heavy atom. The Labute approximate surface area is 226 Å². The lowest BCUT2D eigenvalue weighted by Gasteiger charge is -2.36. The van der Waals surface area contributed by atoms with Gasteiger partial charge < -0.3 is 24.3 Å². The summed E-state index contributed by atoms with van der Waals surface area (Å²) in [6, 6.07) is 11.7. The second-order valence-electron chi connectivity index (χ2n) is 10.00. The van der Waals surface area contributed by atoms with E-state index in [-0.39, 0.29) is 5.91 Å². The van der Waals surface area contributed by atoms with Crippen molar-refractivity contribution >= 4 is 34.3 Å². The molecule has 2 aromatic heterocycles. The number of nitrogens with one attached hydrogen (secondary N) is 1. The molecule has 0 radical (unpaired) electrons. The third-order valence-corrected chi connectivity index (χ3v) is 7.16. The predicted molar refractivity (Wildman–Crippen MR) is 149 cm³/mol. The summed E-state index contributed by atoms with van der Waals surface area (Å²) in [7, 11) is 1.97. The Balaban J connectivity index is 1.20. The molecule has 1 spiro atoms. The number of imidazole rings is 1. The molecular formula is C29H29N7O3. The van der Waals surface area contributed by atoms with E-state index >= 15 is 0 Å². The summed E-state index contributed by atoms with van der Waals surface area (Å²) in [6.45, 7) is 7.23. The van der Waals surface area contributed by atoms with E-state index in [2.05, 4.69) is 26.8 Å². The van der Waals surface area contributed by atoms with Crippen LogP contribution in [0.4, 0.5) is 11.5 Å². The van der Waals surface area contributed by atoms with Gasteiger partial charge in [-0.1, -0.05) is 6.58 Å². The van der Waals surface area contributed by atoms with Gasteiger partial charge >= 0.3 is 0 Å². The molecule has 1 amide bonds. The van der Waals surface area contributed by atoms with E-state index in [1.807, 2.05) is 54.9 Å².